The number of ketones is 1. The zero-order valence-corrected chi connectivity index (χ0v) is 12.6. The predicted molar refractivity (Wildman–Crippen MR) is 77.1 cm³/mol. The molecule has 0 bridgehead atoms. The summed E-state index contributed by atoms with van der Waals surface area (Å²) in [6, 6.07) is 0. The van der Waals surface area contributed by atoms with E-state index in [0.717, 1.165) is 22.8 Å². The summed E-state index contributed by atoms with van der Waals surface area (Å²) < 4.78 is 0. The van der Waals surface area contributed by atoms with Gasteiger partial charge < -0.3 is 10.2 Å². The van der Waals surface area contributed by atoms with Crippen molar-refractivity contribution in [1.29, 1.82) is 0 Å². The van der Waals surface area contributed by atoms with Gasteiger partial charge in [0.05, 0.1) is 11.4 Å². The number of thioether (sulfide) groups is 1. The van der Waals surface area contributed by atoms with Gasteiger partial charge in [0.2, 0.25) is 5.91 Å². The van der Waals surface area contributed by atoms with Crippen molar-refractivity contribution in [1.82, 2.24) is 10.2 Å². The Labute approximate surface area is 118 Å². The van der Waals surface area contributed by atoms with Crippen molar-refractivity contribution in [3.63, 3.8) is 0 Å². The topological polar surface area (TPSA) is 49.4 Å². The lowest BCUT2D eigenvalue weighted by Gasteiger charge is -2.18. The highest BCUT2D eigenvalue weighted by atomic mass is 32.2. The summed E-state index contributed by atoms with van der Waals surface area (Å²) in [7, 11) is 1.64. The Kier molecular flexibility index (Phi) is 4.04. The summed E-state index contributed by atoms with van der Waals surface area (Å²) in [6.45, 7) is 6.76. The van der Waals surface area contributed by atoms with Gasteiger partial charge in [0, 0.05) is 36.7 Å². The van der Waals surface area contributed by atoms with Crippen LogP contribution in [0.1, 0.15) is 27.2 Å². The third kappa shape index (κ3) is 2.56. The van der Waals surface area contributed by atoms with Crippen molar-refractivity contribution >= 4 is 23.5 Å². The van der Waals surface area contributed by atoms with Gasteiger partial charge in [0.1, 0.15) is 0 Å². The first-order valence-electron chi connectivity index (χ1n) is 6.57. The number of nitrogens with zero attached hydrogens (tertiary/aromatic N) is 1. The van der Waals surface area contributed by atoms with Crippen LogP contribution in [-0.4, -0.2) is 30.2 Å². The maximum absolute atomic E-state index is 12.3. The van der Waals surface area contributed by atoms with Crippen LogP contribution >= 0.6 is 11.8 Å². The van der Waals surface area contributed by atoms with E-state index in [9.17, 15) is 9.59 Å². The Morgan fingerprint density at radius 3 is 2.79 bits per heavy atom. The van der Waals surface area contributed by atoms with Gasteiger partial charge in [0.25, 0.3) is 0 Å². The van der Waals surface area contributed by atoms with E-state index in [1.807, 2.05) is 19.3 Å². The van der Waals surface area contributed by atoms with Gasteiger partial charge >= 0.3 is 0 Å². The van der Waals surface area contributed by atoms with Gasteiger partial charge in [-0.05, 0) is 5.41 Å². The van der Waals surface area contributed by atoms with E-state index in [1.165, 1.54) is 0 Å². The molecule has 0 aliphatic carbocycles. The highest BCUT2D eigenvalue weighted by Crippen LogP contribution is 2.45. The molecule has 4 nitrogen and oxygen atoms in total. The smallest absolute Gasteiger partial charge is 0.225 e. The highest BCUT2D eigenvalue weighted by Gasteiger charge is 2.38. The molecule has 2 aliphatic heterocycles. The minimum absolute atomic E-state index is 0.00406. The lowest BCUT2D eigenvalue weighted by atomic mass is 9.94. The standard InChI is InChI=1S/C14H20N2O2S/c1-8(2)13(18)12-9(3)6-16-10(5-11(17)15-4)7-19-14(12)16/h7-9H,5-6H2,1-4H3,(H,15,17). The molecule has 0 aromatic heterocycles. The quantitative estimate of drug-likeness (QED) is 0.857. The first-order chi connectivity index (χ1) is 8.95. The highest BCUT2D eigenvalue weighted by molar-refractivity contribution is 8.06. The summed E-state index contributed by atoms with van der Waals surface area (Å²) in [5.74, 6) is 0.496. The Hall–Kier alpha value is -1.23. The first-order valence-corrected chi connectivity index (χ1v) is 7.45. The molecule has 1 atom stereocenters. The van der Waals surface area contributed by atoms with Crippen molar-refractivity contribution in [3.05, 3.63) is 21.7 Å². The minimum Gasteiger partial charge on any atom is -0.359 e. The molecule has 104 valence electrons. The molecule has 5 heteroatoms. The third-order valence-corrected chi connectivity index (χ3v) is 4.54. The fourth-order valence-corrected chi connectivity index (χ4v) is 3.62. The molecule has 1 N–H and O–H groups in total. The van der Waals surface area contributed by atoms with E-state index in [-0.39, 0.29) is 23.5 Å². The number of carbonyl (C=O) groups excluding carboxylic acids is 2. The summed E-state index contributed by atoms with van der Waals surface area (Å²) in [5.41, 5.74) is 1.93. The van der Waals surface area contributed by atoms with Crippen LogP contribution in [0.4, 0.5) is 0 Å². The van der Waals surface area contributed by atoms with Crippen LogP contribution in [0.2, 0.25) is 0 Å². The van der Waals surface area contributed by atoms with Gasteiger partial charge in [0.15, 0.2) is 5.78 Å². The number of amides is 1. The molecule has 2 heterocycles. The molecule has 1 amide bonds. The van der Waals surface area contributed by atoms with Crippen molar-refractivity contribution in [2.45, 2.75) is 27.2 Å². The number of nitrogens with one attached hydrogen (secondary N) is 1. The fourth-order valence-electron chi connectivity index (χ4n) is 2.42. The molecule has 0 spiro atoms. The zero-order valence-electron chi connectivity index (χ0n) is 11.8. The summed E-state index contributed by atoms with van der Waals surface area (Å²) >= 11 is 1.57. The fraction of sp³-hybridized carbons (Fsp3) is 0.571. The largest absolute Gasteiger partial charge is 0.359 e. The Balaban J connectivity index is 2.21. The Morgan fingerprint density at radius 2 is 2.21 bits per heavy atom. The Bertz CT molecular complexity index is 480. The monoisotopic (exact) mass is 280 g/mol. The maximum Gasteiger partial charge on any atom is 0.225 e. The molecule has 2 aliphatic rings. The number of hydrogen-bond donors (Lipinski definition) is 1. The van der Waals surface area contributed by atoms with Gasteiger partial charge in [-0.1, -0.05) is 32.5 Å². The number of rotatable bonds is 4. The van der Waals surface area contributed by atoms with E-state index in [1.54, 1.807) is 18.8 Å². The van der Waals surface area contributed by atoms with Crippen molar-refractivity contribution in [3.8, 4) is 0 Å². The van der Waals surface area contributed by atoms with Crippen LogP contribution in [-0.2, 0) is 9.59 Å². The molecular weight excluding hydrogens is 260 g/mol. The van der Waals surface area contributed by atoms with Crippen LogP contribution in [0.3, 0.4) is 0 Å². The zero-order chi connectivity index (χ0) is 14.2. The van der Waals surface area contributed by atoms with Crippen LogP contribution in [0.5, 0.6) is 0 Å². The molecule has 0 radical (unpaired) electrons. The molecule has 1 unspecified atom stereocenters. The van der Waals surface area contributed by atoms with E-state index in [2.05, 4.69) is 17.1 Å². The van der Waals surface area contributed by atoms with E-state index in [4.69, 9.17) is 0 Å². The number of Topliss-reactive ketones (excluding diaryl/α,β-unsaturated/α-hetero) is 1. The number of hydrogen-bond acceptors (Lipinski definition) is 4. The molecule has 0 aromatic carbocycles. The SMILES string of the molecule is CNC(=O)CC1=CSC2=C(C(=O)C(C)C)C(C)CN12. The second-order valence-electron chi connectivity index (χ2n) is 5.33. The average Bonchev–Trinajstić information content (AvgIpc) is 2.87. The molecule has 19 heavy (non-hydrogen) atoms. The second kappa shape index (κ2) is 5.41. The molecule has 2 rings (SSSR count). The maximum atomic E-state index is 12.3. The molecule has 0 aromatic rings. The lowest BCUT2D eigenvalue weighted by Crippen LogP contribution is -2.24. The Morgan fingerprint density at radius 1 is 1.53 bits per heavy atom. The van der Waals surface area contributed by atoms with Crippen molar-refractivity contribution in [2.24, 2.45) is 11.8 Å². The van der Waals surface area contributed by atoms with Gasteiger partial charge in [-0.15, -0.1) is 0 Å². The molecule has 0 saturated heterocycles. The normalized spacial score (nSPS) is 21.8. The van der Waals surface area contributed by atoms with Crippen molar-refractivity contribution in [2.75, 3.05) is 13.6 Å². The summed E-state index contributed by atoms with van der Waals surface area (Å²) in [5, 5.41) is 5.66. The van der Waals surface area contributed by atoms with Gasteiger partial charge in [-0.2, -0.15) is 0 Å². The van der Waals surface area contributed by atoms with Crippen LogP contribution in [0.15, 0.2) is 21.7 Å². The number of carbonyl (C=O) groups is 2. The predicted octanol–water partition coefficient (Wildman–Crippen LogP) is 2.10. The summed E-state index contributed by atoms with van der Waals surface area (Å²) in [4.78, 5) is 25.9. The van der Waals surface area contributed by atoms with Crippen LogP contribution in [0, 0.1) is 11.8 Å². The average molecular weight is 280 g/mol. The molecule has 0 saturated carbocycles. The lowest BCUT2D eigenvalue weighted by molar-refractivity contribution is -0.120. The first kappa shape index (κ1) is 14.2. The molecule has 0 fully saturated rings. The van der Waals surface area contributed by atoms with Gasteiger partial charge in [-0.3, -0.25) is 9.59 Å². The van der Waals surface area contributed by atoms with Crippen LogP contribution in [0.25, 0.3) is 0 Å². The van der Waals surface area contributed by atoms with E-state index < -0.39 is 0 Å². The van der Waals surface area contributed by atoms with Crippen molar-refractivity contribution < 1.29 is 9.59 Å². The minimum atomic E-state index is 0.00406. The van der Waals surface area contributed by atoms with Crippen LogP contribution < -0.4 is 5.32 Å². The second-order valence-corrected chi connectivity index (χ2v) is 6.18. The van der Waals surface area contributed by atoms with E-state index in [0.29, 0.717) is 6.42 Å². The molecular formula is C14H20N2O2S. The summed E-state index contributed by atoms with van der Waals surface area (Å²) in [6.07, 6.45) is 0.378. The third-order valence-electron chi connectivity index (χ3n) is 3.49. The van der Waals surface area contributed by atoms with E-state index >= 15 is 0 Å². The number of fused-ring (bicyclic) bond motifs is 1. The van der Waals surface area contributed by atoms with Gasteiger partial charge in [-0.25, -0.2) is 0 Å².